The summed E-state index contributed by atoms with van der Waals surface area (Å²) in [6, 6.07) is 0. The van der Waals surface area contributed by atoms with Crippen LogP contribution in [0.4, 0.5) is 4.39 Å². The van der Waals surface area contributed by atoms with Crippen molar-refractivity contribution in [3.63, 3.8) is 0 Å². The molecule has 0 N–H and O–H groups in total. The van der Waals surface area contributed by atoms with Crippen LogP contribution in [-0.4, -0.2) is 50.4 Å². The van der Waals surface area contributed by atoms with Crippen LogP contribution in [0.3, 0.4) is 0 Å². The van der Waals surface area contributed by atoms with Crippen molar-refractivity contribution in [2.45, 2.75) is 19.0 Å². The largest absolute Gasteiger partial charge is 0.281 e. The zero-order valence-corrected chi connectivity index (χ0v) is 8.72. The molecule has 0 bridgehead atoms. The van der Waals surface area contributed by atoms with Gasteiger partial charge in [0.1, 0.15) is 6.17 Å². The lowest BCUT2D eigenvalue weighted by Crippen LogP contribution is -2.44. The second-order valence-corrected chi connectivity index (χ2v) is 5.51. The normalized spacial score (nSPS) is 22.5. The summed E-state index contributed by atoms with van der Waals surface area (Å²) in [7, 11) is -0.357. The van der Waals surface area contributed by atoms with Crippen molar-refractivity contribution in [2.24, 2.45) is 0 Å². The highest BCUT2D eigenvalue weighted by Crippen LogP contribution is 2.17. The lowest BCUT2D eigenvalue weighted by Gasteiger charge is -2.29. The van der Waals surface area contributed by atoms with Gasteiger partial charge in [0.25, 0.3) is 10.2 Å². The summed E-state index contributed by atoms with van der Waals surface area (Å²) in [5.41, 5.74) is 0. The number of rotatable bonds is 2. The Morgan fingerprint density at radius 3 is 2.15 bits per heavy atom. The molecule has 0 saturated carbocycles. The van der Waals surface area contributed by atoms with E-state index in [1.54, 1.807) is 0 Å². The van der Waals surface area contributed by atoms with Crippen LogP contribution in [0.15, 0.2) is 0 Å². The van der Waals surface area contributed by atoms with Crippen LogP contribution in [0.25, 0.3) is 0 Å². The molecule has 0 aromatic rings. The Kier molecular flexibility index (Phi) is 3.26. The number of halogens is 1. The first-order valence-corrected chi connectivity index (χ1v) is 5.66. The van der Waals surface area contributed by atoms with Gasteiger partial charge < -0.3 is 0 Å². The van der Waals surface area contributed by atoms with Gasteiger partial charge in [0.05, 0.1) is 0 Å². The third-order valence-electron chi connectivity index (χ3n) is 2.17. The Morgan fingerprint density at radius 2 is 1.77 bits per heavy atom. The van der Waals surface area contributed by atoms with Crippen LogP contribution >= 0.6 is 0 Å². The van der Waals surface area contributed by atoms with E-state index in [0.29, 0.717) is 25.9 Å². The van der Waals surface area contributed by atoms with E-state index in [9.17, 15) is 12.8 Å². The molecule has 0 aromatic heterocycles. The Hall–Kier alpha value is -0.200. The summed E-state index contributed by atoms with van der Waals surface area (Å²) in [5.74, 6) is 0. The summed E-state index contributed by atoms with van der Waals surface area (Å²) in [6.45, 7) is 0.587. The predicted octanol–water partition coefficient (Wildman–Crippen LogP) is 0.227. The fourth-order valence-corrected chi connectivity index (χ4v) is 2.42. The number of nitrogens with zero attached hydrogens (tertiary/aromatic N) is 2. The Morgan fingerprint density at radius 1 is 1.31 bits per heavy atom. The Labute approximate surface area is 78.5 Å². The van der Waals surface area contributed by atoms with E-state index < -0.39 is 16.4 Å². The Balaban J connectivity index is 2.64. The van der Waals surface area contributed by atoms with Gasteiger partial charge in [-0.05, 0) is 12.8 Å². The summed E-state index contributed by atoms with van der Waals surface area (Å²) in [5, 5.41) is 0. The highest BCUT2D eigenvalue weighted by molar-refractivity contribution is 7.86. The molecular weight excluding hydrogens is 195 g/mol. The monoisotopic (exact) mass is 210 g/mol. The molecule has 1 fully saturated rings. The maximum absolute atomic E-state index is 12.7. The zero-order chi connectivity index (χ0) is 10.1. The molecule has 1 aliphatic rings. The molecule has 1 rings (SSSR count). The third-order valence-corrected chi connectivity index (χ3v) is 4.11. The Bertz CT molecular complexity index is 258. The minimum atomic E-state index is -3.32. The average Bonchev–Trinajstić information content (AvgIpc) is 2.04. The summed E-state index contributed by atoms with van der Waals surface area (Å²) < 4.78 is 38.2. The molecule has 0 aliphatic carbocycles. The van der Waals surface area contributed by atoms with E-state index in [2.05, 4.69) is 0 Å². The second kappa shape index (κ2) is 3.89. The van der Waals surface area contributed by atoms with E-state index in [1.807, 2.05) is 0 Å². The van der Waals surface area contributed by atoms with Crippen molar-refractivity contribution in [2.75, 3.05) is 27.2 Å². The standard InChI is InChI=1S/C7H15FN2O2S/c1-9(2)13(11,12)10-5-3-7(8)4-6-10/h7H,3-6H2,1-2H3. The lowest BCUT2D eigenvalue weighted by atomic mass is 10.1. The molecule has 1 saturated heterocycles. The van der Waals surface area contributed by atoms with Crippen LogP contribution in [-0.2, 0) is 10.2 Å². The van der Waals surface area contributed by atoms with Gasteiger partial charge in [-0.2, -0.15) is 17.0 Å². The van der Waals surface area contributed by atoms with Gasteiger partial charge in [-0.3, -0.25) is 0 Å². The van der Waals surface area contributed by atoms with Crippen molar-refractivity contribution < 1.29 is 12.8 Å². The number of alkyl halides is 1. The maximum atomic E-state index is 12.7. The fraction of sp³-hybridized carbons (Fsp3) is 1.00. The van der Waals surface area contributed by atoms with Crippen LogP contribution < -0.4 is 0 Å². The molecule has 78 valence electrons. The van der Waals surface area contributed by atoms with E-state index in [4.69, 9.17) is 0 Å². The van der Waals surface area contributed by atoms with Gasteiger partial charge >= 0.3 is 0 Å². The van der Waals surface area contributed by atoms with Crippen molar-refractivity contribution in [1.82, 2.24) is 8.61 Å². The van der Waals surface area contributed by atoms with Crippen LogP contribution in [0.2, 0.25) is 0 Å². The number of piperidine rings is 1. The molecule has 6 heteroatoms. The van der Waals surface area contributed by atoms with Crippen molar-refractivity contribution in [1.29, 1.82) is 0 Å². The fourth-order valence-electron chi connectivity index (χ4n) is 1.29. The van der Waals surface area contributed by atoms with E-state index in [0.717, 1.165) is 4.31 Å². The molecule has 1 aliphatic heterocycles. The highest BCUT2D eigenvalue weighted by atomic mass is 32.2. The molecule has 0 aromatic carbocycles. The second-order valence-electron chi connectivity index (χ2n) is 3.36. The van der Waals surface area contributed by atoms with Crippen LogP contribution in [0, 0.1) is 0 Å². The first-order valence-electron chi connectivity index (χ1n) is 4.26. The summed E-state index contributed by atoms with van der Waals surface area (Å²) >= 11 is 0. The minimum Gasteiger partial charge on any atom is -0.247 e. The van der Waals surface area contributed by atoms with Gasteiger partial charge in [0, 0.05) is 27.2 Å². The number of hydrogen-bond acceptors (Lipinski definition) is 2. The summed E-state index contributed by atoms with van der Waals surface area (Å²) in [4.78, 5) is 0. The molecule has 0 amide bonds. The predicted molar refractivity (Wildman–Crippen MR) is 48.3 cm³/mol. The highest BCUT2D eigenvalue weighted by Gasteiger charge is 2.29. The number of hydrogen-bond donors (Lipinski definition) is 0. The van der Waals surface area contributed by atoms with Crippen molar-refractivity contribution >= 4 is 10.2 Å². The molecule has 1 heterocycles. The topological polar surface area (TPSA) is 40.6 Å². The molecular formula is C7H15FN2O2S. The molecule has 0 atom stereocenters. The quantitative estimate of drug-likeness (QED) is 0.654. The SMILES string of the molecule is CN(C)S(=O)(=O)N1CCC(F)CC1. The van der Waals surface area contributed by atoms with E-state index >= 15 is 0 Å². The molecule has 0 radical (unpaired) electrons. The zero-order valence-electron chi connectivity index (χ0n) is 7.90. The first-order chi connectivity index (χ1) is 5.94. The molecule has 4 nitrogen and oxygen atoms in total. The van der Waals surface area contributed by atoms with Gasteiger partial charge in [0.15, 0.2) is 0 Å². The smallest absolute Gasteiger partial charge is 0.247 e. The first kappa shape index (κ1) is 10.9. The van der Waals surface area contributed by atoms with Gasteiger partial charge in [0.2, 0.25) is 0 Å². The minimum absolute atomic E-state index is 0.293. The molecule has 13 heavy (non-hydrogen) atoms. The van der Waals surface area contributed by atoms with Crippen molar-refractivity contribution in [3.8, 4) is 0 Å². The molecule has 0 spiro atoms. The van der Waals surface area contributed by atoms with Gasteiger partial charge in [-0.1, -0.05) is 0 Å². The lowest BCUT2D eigenvalue weighted by molar-refractivity contribution is 0.205. The van der Waals surface area contributed by atoms with E-state index in [-0.39, 0.29) is 0 Å². The third kappa shape index (κ3) is 2.38. The van der Waals surface area contributed by atoms with Crippen LogP contribution in [0.5, 0.6) is 0 Å². The van der Waals surface area contributed by atoms with E-state index in [1.165, 1.54) is 18.4 Å². The average molecular weight is 210 g/mol. The summed E-state index contributed by atoms with van der Waals surface area (Å²) in [6.07, 6.45) is -0.214. The van der Waals surface area contributed by atoms with Gasteiger partial charge in [-0.15, -0.1) is 0 Å². The van der Waals surface area contributed by atoms with Gasteiger partial charge in [-0.25, -0.2) is 4.39 Å². The maximum Gasteiger partial charge on any atom is 0.281 e. The van der Waals surface area contributed by atoms with Crippen LogP contribution in [0.1, 0.15) is 12.8 Å². The van der Waals surface area contributed by atoms with Crippen molar-refractivity contribution in [3.05, 3.63) is 0 Å². The molecule has 0 unspecified atom stereocenters.